The zero-order valence-corrected chi connectivity index (χ0v) is 14.6. The number of ether oxygens (including phenoxy) is 1. The summed E-state index contributed by atoms with van der Waals surface area (Å²) in [6.45, 7) is 7.90. The van der Waals surface area contributed by atoms with Crippen LogP contribution in [0.1, 0.15) is 38.1 Å². The predicted octanol–water partition coefficient (Wildman–Crippen LogP) is 1.94. The third kappa shape index (κ3) is 2.97. The van der Waals surface area contributed by atoms with E-state index in [1.807, 2.05) is 39.8 Å². The van der Waals surface area contributed by atoms with Crippen LogP contribution in [0.3, 0.4) is 0 Å². The minimum Gasteiger partial charge on any atom is -0.402 e. The van der Waals surface area contributed by atoms with E-state index in [0.717, 1.165) is 0 Å². The summed E-state index contributed by atoms with van der Waals surface area (Å²) in [5, 5.41) is 4.06. The van der Waals surface area contributed by atoms with Crippen molar-refractivity contribution in [1.82, 2.24) is 9.78 Å². The molecule has 0 aliphatic carbocycles. The third-order valence-electron chi connectivity index (χ3n) is 4.57. The molecule has 1 aliphatic heterocycles. The second-order valence-corrected chi connectivity index (χ2v) is 6.89. The highest BCUT2D eigenvalue weighted by Crippen LogP contribution is 2.36. The Kier molecular flexibility index (Phi) is 4.01. The molecule has 1 aliphatic rings. The van der Waals surface area contributed by atoms with Gasteiger partial charge in [-0.05, 0) is 39.2 Å². The molecule has 0 unspecified atom stereocenters. The summed E-state index contributed by atoms with van der Waals surface area (Å²) in [5.74, 6) is -0.231. The molecular formula is C17H21BN2O4. The highest BCUT2D eigenvalue weighted by molar-refractivity contribution is 6.63. The molecule has 0 radical (unpaired) electrons. The second kappa shape index (κ2) is 5.75. The number of aryl methyl sites for hydroxylation is 1. The van der Waals surface area contributed by atoms with E-state index >= 15 is 0 Å². The van der Waals surface area contributed by atoms with Gasteiger partial charge in [0, 0.05) is 19.3 Å². The second-order valence-electron chi connectivity index (χ2n) is 6.89. The van der Waals surface area contributed by atoms with Crippen LogP contribution in [0.4, 0.5) is 0 Å². The van der Waals surface area contributed by atoms with Gasteiger partial charge in [-0.2, -0.15) is 0 Å². The maximum absolute atomic E-state index is 12.5. The highest BCUT2D eigenvalue weighted by Gasteiger charge is 2.52. The molecule has 1 aromatic heterocycles. The van der Waals surface area contributed by atoms with Gasteiger partial charge in [-0.15, -0.1) is 5.10 Å². The van der Waals surface area contributed by atoms with Crippen LogP contribution in [-0.4, -0.2) is 34.1 Å². The summed E-state index contributed by atoms with van der Waals surface area (Å²) >= 11 is 0. The number of esters is 1. The van der Waals surface area contributed by atoms with Gasteiger partial charge in [0.1, 0.15) is 0 Å². The average Bonchev–Trinajstić information content (AvgIpc) is 2.99. The fourth-order valence-electron chi connectivity index (χ4n) is 2.46. The summed E-state index contributed by atoms with van der Waals surface area (Å²) in [6, 6.07) is 8.78. The van der Waals surface area contributed by atoms with E-state index in [4.69, 9.17) is 14.0 Å². The zero-order chi connectivity index (χ0) is 17.5. The first kappa shape index (κ1) is 16.7. The SMILES string of the molecule is Cn1ccc(OC(=O)c2ccccc2B2OC(C)(C)C(C)(C)O2)n1. The smallest absolute Gasteiger partial charge is 0.402 e. The number of carbonyl (C=O) groups is 1. The van der Waals surface area contributed by atoms with Crippen LogP contribution in [0.15, 0.2) is 36.5 Å². The Hall–Kier alpha value is -2.12. The van der Waals surface area contributed by atoms with Gasteiger partial charge in [-0.1, -0.05) is 18.2 Å². The molecule has 1 saturated heterocycles. The van der Waals surface area contributed by atoms with Gasteiger partial charge >= 0.3 is 13.1 Å². The lowest BCUT2D eigenvalue weighted by Crippen LogP contribution is -2.41. The van der Waals surface area contributed by atoms with Crippen LogP contribution < -0.4 is 10.2 Å². The molecule has 2 aromatic rings. The van der Waals surface area contributed by atoms with Gasteiger partial charge in [0.15, 0.2) is 0 Å². The number of aromatic nitrogens is 2. The summed E-state index contributed by atoms with van der Waals surface area (Å²) in [4.78, 5) is 12.5. The Morgan fingerprint density at radius 2 is 1.75 bits per heavy atom. The van der Waals surface area contributed by atoms with Gasteiger partial charge in [-0.25, -0.2) is 4.79 Å². The zero-order valence-electron chi connectivity index (χ0n) is 14.6. The standard InChI is InChI=1S/C17H21BN2O4/c1-16(2)17(3,4)24-18(23-16)13-9-7-6-8-12(13)15(21)22-14-10-11-20(5)19-14/h6-11H,1-5H3. The number of nitrogens with zero attached hydrogens (tertiary/aromatic N) is 2. The van der Waals surface area contributed by atoms with Crippen LogP contribution in [0.25, 0.3) is 0 Å². The quantitative estimate of drug-likeness (QED) is 0.636. The van der Waals surface area contributed by atoms with Crippen LogP contribution in [-0.2, 0) is 16.4 Å². The topological polar surface area (TPSA) is 62.6 Å². The maximum Gasteiger partial charge on any atom is 0.495 e. The van der Waals surface area contributed by atoms with E-state index < -0.39 is 24.3 Å². The first-order chi connectivity index (χ1) is 11.2. The average molecular weight is 328 g/mol. The summed E-state index contributed by atoms with van der Waals surface area (Å²) < 4.78 is 19.0. The predicted molar refractivity (Wildman–Crippen MR) is 90.3 cm³/mol. The number of rotatable bonds is 3. The minimum absolute atomic E-state index is 0.256. The number of hydrogen-bond acceptors (Lipinski definition) is 5. The van der Waals surface area contributed by atoms with Crippen molar-refractivity contribution in [3.63, 3.8) is 0 Å². The van der Waals surface area contributed by atoms with E-state index in [1.165, 1.54) is 0 Å². The Bertz CT molecular complexity index is 753. The van der Waals surface area contributed by atoms with Gasteiger partial charge in [0.2, 0.25) is 5.88 Å². The summed E-state index contributed by atoms with van der Waals surface area (Å²) in [6.07, 6.45) is 1.71. The molecule has 3 rings (SSSR count). The molecule has 24 heavy (non-hydrogen) atoms. The lowest BCUT2D eigenvalue weighted by molar-refractivity contribution is 0.00578. The van der Waals surface area contributed by atoms with Crippen LogP contribution in [0.5, 0.6) is 5.88 Å². The Morgan fingerprint density at radius 3 is 2.33 bits per heavy atom. The van der Waals surface area contributed by atoms with Crippen LogP contribution in [0.2, 0.25) is 0 Å². The van der Waals surface area contributed by atoms with Crippen molar-refractivity contribution < 1.29 is 18.8 Å². The van der Waals surface area contributed by atoms with Crippen LogP contribution in [0, 0.1) is 0 Å². The molecule has 0 amide bonds. The third-order valence-corrected chi connectivity index (χ3v) is 4.57. The molecule has 0 N–H and O–H groups in total. The summed E-state index contributed by atoms with van der Waals surface area (Å²) in [7, 11) is 1.14. The fourth-order valence-corrected chi connectivity index (χ4v) is 2.46. The lowest BCUT2D eigenvalue weighted by Gasteiger charge is -2.32. The van der Waals surface area contributed by atoms with Crippen LogP contribution >= 0.6 is 0 Å². The molecule has 0 saturated carbocycles. The lowest BCUT2D eigenvalue weighted by atomic mass is 9.76. The van der Waals surface area contributed by atoms with Gasteiger partial charge in [0.25, 0.3) is 0 Å². The Morgan fingerprint density at radius 1 is 1.12 bits per heavy atom. The Balaban J connectivity index is 1.87. The number of carbonyl (C=O) groups excluding carboxylic acids is 1. The molecule has 1 aromatic carbocycles. The van der Waals surface area contributed by atoms with E-state index in [-0.39, 0.29) is 5.88 Å². The first-order valence-electron chi connectivity index (χ1n) is 7.86. The molecule has 0 bridgehead atoms. The molecular weight excluding hydrogens is 307 g/mol. The van der Waals surface area contributed by atoms with Crippen molar-refractivity contribution in [1.29, 1.82) is 0 Å². The molecule has 1 fully saturated rings. The largest absolute Gasteiger partial charge is 0.495 e. The van der Waals surface area contributed by atoms with Gasteiger partial charge < -0.3 is 14.0 Å². The molecule has 0 spiro atoms. The molecule has 2 heterocycles. The Labute approximate surface area is 141 Å². The van der Waals surface area contributed by atoms with E-state index in [9.17, 15) is 4.79 Å². The molecule has 7 heteroatoms. The van der Waals surface area contributed by atoms with Crippen molar-refractivity contribution in [3.05, 3.63) is 42.1 Å². The van der Waals surface area contributed by atoms with Crippen molar-refractivity contribution in [2.24, 2.45) is 7.05 Å². The normalized spacial score (nSPS) is 18.6. The van der Waals surface area contributed by atoms with E-state index in [1.54, 1.807) is 36.1 Å². The molecule has 126 valence electrons. The molecule has 0 atom stereocenters. The van der Waals surface area contributed by atoms with Crippen molar-refractivity contribution in [3.8, 4) is 5.88 Å². The number of benzene rings is 1. The highest BCUT2D eigenvalue weighted by atomic mass is 16.7. The fraction of sp³-hybridized carbons (Fsp3) is 0.412. The summed E-state index contributed by atoms with van der Waals surface area (Å²) in [5.41, 5.74) is 0.101. The van der Waals surface area contributed by atoms with Gasteiger partial charge in [0.05, 0.1) is 16.8 Å². The number of hydrogen-bond donors (Lipinski definition) is 0. The monoisotopic (exact) mass is 328 g/mol. The van der Waals surface area contributed by atoms with E-state index in [2.05, 4.69) is 5.10 Å². The van der Waals surface area contributed by atoms with Crippen molar-refractivity contribution >= 4 is 18.6 Å². The van der Waals surface area contributed by atoms with Crippen molar-refractivity contribution in [2.45, 2.75) is 38.9 Å². The van der Waals surface area contributed by atoms with Crippen molar-refractivity contribution in [2.75, 3.05) is 0 Å². The van der Waals surface area contributed by atoms with Gasteiger partial charge in [-0.3, -0.25) is 4.68 Å². The maximum atomic E-state index is 12.5. The minimum atomic E-state index is -0.623. The van der Waals surface area contributed by atoms with E-state index in [0.29, 0.717) is 11.0 Å². The first-order valence-corrected chi connectivity index (χ1v) is 7.86. The molecule has 6 nitrogen and oxygen atoms in total.